The number of carbonyl (C=O) groups is 4. The third kappa shape index (κ3) is 7.87. The number of rotatable bonds is 11. The Morgan fingerprint density at radius 1 is 0.849 bits per heavy atom. The van der Waals surface area contributed by atoms with Crippen molar-refractivity contribution in [2.75, 3.05) is 19.6 Å². The molecule has 3 amide bonds. The minimum Gasteiger partial charge on any atom is -0.478 e. The highest BCUT2D eigenvalue weighted by molar-refractivity contribution is 6.03. The lowest BCUT2D eigenvalue weighted by molar-refractivity contribution is 0.0656. The van der Waals surface area contributed by atoms with Crippen molar-refractivity contribution in [2.24, 2.45) is 7.05 Å². The van der Waals surface area contributed by atoms with Gasteiger partial charge in [0, 0.05) is 68.3 Å². The highest BCUT2D eigenvalue weighted by atomic mass is 16.6. The summed E-state index contributed by atoms with van der Waals surface area (Å²) in [6, 6.07) is 19.9. The number of amides is 3. The number of carbonyl (C=O) groups excluding carboxylic acids is 3. The lowest BCUT2D eigenvalue weighted by Crippen LogP contribution is -2.43. The first-order chi connectivity index (χ1) is 25.5. The minimum atomic E-state index is -1.06. The third-order valence-corrected chi connectivity index (χ3v) is 10.8. The van der Waals surface area contributed by atoms with E-state index in [4.69, 9.17) is 4.74 Å². The number of ether oxygens (including phenoxy) is 1. The quantitative estimate of drug-likeness (QED) is 0.169. The van der Waals surface area contributed by atoms with Crippen LogP contribution < -0.4 is 4.74 Å². The number of carboxylic acid groups (broad SMARTS) is 1. The van der Waals surface area contributed by atoms with E-state index >= 15 is 0 Å². The molecule has 3 heterocycles. The van der Waals surface area contributed by atoms with E-state index in [2.05, 4.69) is 39.0 Å². The number of fused-ring (bicyclic) bond motifs is 2. The molecule has 10 nitrogen and oxygen atoms in total. The molecule has 2 aliphatic heterocycles. The van der Waals surface area contributed by atoms with Crippen LogP contribution in [-0.4, -0.2) is 73.9 Å². The molecular formula is C43H50N4O6. The van der Waals surface area contributed by atoms with Crippen LogP contribution in [0.25, 0.3) is 11.3 Å². The van der Waals surface area contributed by atoms with E-state index < -0.39 is 12.1 Å². The standard InChI is InChI=1S/C43H50N4O6/c1-6-8-19-45(20-9-7-2)40(48)36-25-39(44(5)29(36)4)37-23-32-18-21-46(43(52)53-35-16-14-30(15-17-35)42(50)51)26-34(32)24-38(37)41(49)47-27-33-13-11-10-12-31(33)22-28(47)3/h10-17,23-25,28H,6-9,18-22,26-27H2,1-5H3,(H,50,51)/t28-/m1/s1. The highest BCUT2D eigenvalue weighted by Crippen LogP contribution is 2.36. The molecule has 0 saturated carbocycles. The molecule has 0 unspecified atom stereocenters. The van der Waals surface area contributed by atoms with Crippen molar-refractivity contribution in [1.29, 1.82) is 0 Å². The van der Waals surface area contributed by atoms with Gasteiger partial charge in [-0.3, -0.25) is 9.59 Å². The van der Waals surface area contributed by atoms with Gasteiger partial charge in [-0.05, 0) is 104 Å². The summed E-state index contributed by atoms with van der Waals surface area (Å²) in [6.07, 6.45) is 4.64. The fourth-order valence-electron chi connectivity index (χ4n) is 7.45. The smallest absolute Gasteiger partial charge is 0.415 e. The van der Waals surface area contributed by atoms with E-state index in [9.17, 15) is 24.3 Å². The van der Waals surface area contributed by atoms with Crippen molar-refractivity contribution in [1.82, 2.24) is 19.3 Å². The number of aromatic carboxylic acids is 1. The summed E-state index contributed by atoms with van der Waals surface area (Å²) in [5.74, 6) is -0.881. The maximum absolute atomic E-state index is 14.8. The lowest BCUT2D eigenvalue weighted by Gasteiger charge is -2.36. The molecule has 1 aromatic heterocycles. The number of aromatic nitrogens is 1. The van der Waals surface area contributed by atoms with E-state index in [0.29, 0.717) is 43.7 Å². The van der Waals surface area contributed by atoms with Gasteiger partial charge in [0.1, 0.15) is 5.75 Å². The number of hydrogen-bond acceptors (Lipinski definition) is 5. The minimum absolute atomic E-state index is 0.0186. The van der Waals surface area contributed by atoms with Crippen molar-refractivity contribution < 1.29 is 29.0 Å². The van der Waals surface area contributed by atoms with Gasteiger partial charge in [0.05, 0.1) is 11.1 Å². The average Bonchev–Trinajstić information content (AvgIpc) is 3.46. The van der Waals surface area contributed by atoms with E-state index in [-0.39, 0.29) is 35.7 Å². The van der Waals surface area contributed by atoms with Crippen LogP contribution in [0.3, 0.4) is 0 Å². The fraction of sp³-hybridized carbons (Fsp3) is 0.395. The Morgan fingerprint density at radius 3 is 2.19 bits per heavy atom. The molecule has 4 aromatic rings. The molecule has 6 rings (SSSR count). The summed E-state index contributed by atoms with van der Waals surface area (Å²) in [6.45, 7) is 10.9. The van der Waals surface area contributed by atoms with Crippen LogP contribution in [0.15, 0.2) is 66.7 Å². The first-order valence-electron chi connectivity index (χ1n) is 18.8. The molecule has 0 fully saturated rings. The fourth-order valence-corrected chi connectivity index (χ4v) is 7.45. The Kier molecular flexibility index (Phi) is 11.4. The second kappa shape index (κ2) is 16.1. The van der Waals surface area contributed by atoms with Gasteiger partial charge in [0.2, 0.25) is 0 Å². The molecule has 0 aliphatic carbocycles. The zero-order valence-corrected chi connectivity index (χ0v) is 31.5. The summed E-state index contributed by atoms with van der Waals surface area (Å²) < 4.78 is 7.65. The summed E-state index contributed by atoms with van der Waals surface area (Å²) >= 11 is 0. The predicted molar refractivity (Wildman–Crippen MR) is 204 cm³/mol. The zero-order chi connectivity index (χ0) is 37.8. The number of nitrogens with zero attached hydrogens (tertiary/aromatic N) is 4. The Morgan fingerprint density at radius 2 is 1.53 bits per heavy atom. The van der Waals surface area contributed by atoms with Crippen LogP contribution in [0, 0.1) is 6.92 Å². The molecule has 10 heteroatoms. The largest absolute Gasteiger partial charge is 0.478 e. The Bertz CT molecular complexity index is 2010. The van der Waals surface area contributed by atoms with Gasteiger partial charge >= 0.3 is 12.1 Å². The number of hydrogen-bond donors (Lipinski definition) is 1. The van der Waals surface area contributed by atoms with Crippen molar-refractivity contribution in [3.63, 3.8) is 0 Å². The van der Waals surface area contributed by atoms with Crippen LogP contribution in [0.5, 0.6) is 5.75 Å². The van der Waals surface area contributed by atoms with E-state index in [1.807, 2.05) is 52.6 Å². The second-order valence-electron chi connectivity index (χ2n) is 14.4. The summed E-state index contributed by atoms with van der Waals surface area (Å²) in [5, 5.41) is 9.22. The molecular weight excluding hydrogens is 668 g/mol. The Labute approximate surface area is 312 Å². The molecule has 0 spiro atoms. The van der Waals surface area contributed by atoms with Gasteiger partial charge in [-0.2, -0.15) is 0 Å². The normalized spacial score (nSPS) is 15.1. The van der Waals surface area contributed by atoms with Gasteiger partial charge < -0.3 is 29.1 Å². The maximum Gasteiger partial charge on any atom is 0.415 e. The molecule has 0 bridgehead atoms. The van der Waals surface area contributed by atoms with Gasteiger partial charge in [-0.1, -0.05) is 51.0 Å². The van der Waals surface area contributed by atoms with Gasteiger partial charge in [0.25, 0.3) is 11.8 Å². The first-order valence-corrected chi connectivity index (χ1v) is 18.8. The average molecular weight is 719 g/mol. The second-order valence-corrected chi connectivity index (χ2v) is 14.4. The third-order valence-electron chi connectivity index (χ3n) is 10.8. The molecule has 53 heavy (non-hydrogen) atoms. The van der Waals surface area contributed by atoms with E-state index in [0.717, 1.165) is 65.7 Å². The molecule has 0 saturated heterocycles. The van der Waals surface area contributed by atoms with Gasteiger partial charge in [-0.15, -0.1) is 0 Å². The molecule has 0 radical (unpaired) electrons. The number of carboxylic acids is 1. The molecule has 2 aliphatic rings. The number of unbranched alkanes of at least 4 members (excludes halogenated alkanes) is 2. The van der Waals surface area contributed by atoms with Crippen LogP contribution in [0.1, 0.15) is 105 Å². The van der Waals surface area contributed by atoms with Gasteiger partial charge in [-0.25, -0.2) is 9.59 Å². The van der Waals surface area contributed by atoms with Crippen LogP contribution >= 0.6 is 0 Å². The summed E-state index contributed by atoms with van der Waals surface area (Å²) in [5.41, 5.74) is 7.98. The Balaban J connectivity index is 1.37. The SMILES string of the molecule is CCCCN(CCCC)C(=O)c1cc(-c2cc3c(cc2C(=O)N2Cc4ccccc4C[C@H]2C)CN(C(=O)Oc2ccc(C(=O)O)cc2)CC3)n(C)c1C. The van der Waals surface area contributed by atoms with Crippen molar-refractivity contribution in [3.05, 3.63) is 111 Å². The van der Waals surface area contributed by atoms with Gasteiger partial charge in [0.15, 0.2) is 0 Å². The topological polar surface area (TPSA) is 112 Å². The zero-order valence-electron chi connectivity index (χ0n) is 31.5. The van der Waals surface area contributed by atoms with E-state index in [1.54, 1.807) is 4.90 Å². The van der Waals surface area contributed by atoms with Crippen molar-refractivity contribution in [3.8, 4) is 17.0 Å². The van der Waals surface area contributed by atoms with Crippen LogP contribution in [-0.2, 0) is 33.0 Å². The van der Waals surface area contributed by atoms with Crippen molar-refractivity contribution in [2.45, 2.75) is 85.4 Å². The monoisotopic (exact) mass is 718 g/mol. The number of benzene rings is 3. The van der Waals surface area contributed by atoms with E-state index in [1.165, 1.54) is 29.8 Å². The summed E-state index contributed by atoms with van der Waals surface area (Å²) in [4.78, 5) is 59.0. The maximum atomic E-state index is 14.8. The Hall–Kier alpha value is -5.38. The first kappa shape index (κ1) is 37.4. The predicted octanol–water partition coefficient (Wildman–Crippen LogP) is 7.89. The van der Waals surface area contributed by atoms with Crippen LogP contribution in [0.2, 0.25) is 0 Å². The highest BCUT2D eigenvalue weighted by Gasteiger charge is 2.33. The molecule has 3 aromatic carbocycles. The molecule has 278 valence electrons. The lowest BCUT2D eigenvalue weighted by atomic mass is 9.90. The molecule has 1 N–H and O–H groups in total. The summed E-state index contributed by atoms with van der Waals surface area (Å²) in [7, 11) is 1.96. The van der Waals surface area contributed by atoms with Crippen LogP contribution in [0.4, 0.5) is 4.79 Å². The van der Waals surface area contributed by atoms with Crippen molar-refractivity contribution >= 4 is 23.9 Å². The molecule has 1 atom stereocenters.